The summed E-state index contributed by atoms with van der Waals surface area (Å²) in [7, 11) is 1.62. The van der Waals surface area contributed by atoms with Crippen molar-refractivity contribution in [3.8, 4) is 5.75 Å². The van der Waals surface area contributed by atoms with E-state index in [-0.39, 0.29) is 0 Å². The van der Waals surface area contributed by atoms with Gasteiger partial charge in [-0.1, -0.05) is 24.5 Å². The highest BCUT2D eigenvalue weighted by atomic mass is 16.5. The topological polar surface area (TPSA) is 38.7 Å². The maximum absolute atomic E-state index is 10.1. The van der Waals surface area contributed by atoms with E-state index in [1.54, 1.807) is 7.11 Å². The molecular formula is C15H22O3. The standard InChI is InChI=1S/C15H22O3/c1-11-3-6-15(17-2)13(9-11)14(16)10-18-8-7-12-4-5-12/h3,6,9,12,14,16H,4-5,7-8,10H2,1-2H3. The average molecular weight is 250 g/mol. The lowest BCUT2D eigenvalue weighted by Crippen LogP contribution is -2.10. The van der Waals surface area contributed by atoms with E-state index < -0.39 is 6.10 Å². The molecule has 1 aromatic carbocycles. The van der Waals surface area contributed by atoms with Crippen LogP contribution in [0.4, 0.5) is 0 Å². The number of ether oxygens (including phenoxy) is 2. The Hall–Kier alpha value is -1.06. The summed E-state index contributed by atoms with van der Waals surface area (Å²) in [5.41, 5.74) is 1.92. The highest BCUT2D eigenvalue weighted by Crippen LogP contribution is 2.32. The molecule has 0 saturated heterocycles. The fourth-order valence-corrected chi connectivity index (χ4v) is 2.06. The van der Waals surface area contributed by atoms with Gasteiger partial charge >= 0.3 is 0 Å². The molecule has 1 N–H and O–H groups in total. The second-order valence-corrected chi connectivity index (χ2v) is 5.07. The van der Waals surface area contributed by atoms with Crippen molar-refractivity contribution in [3.63, 3.8) is 0 Å². The van der Waals surface area contributed by atoms with Crippen LogP contribution >= 0.6 is 0 Å². The molecule has 1 fully saturated rings. The van der Waals surface area contributed by atoms with Crippen molar-refractivity contribution in [2.45, 2.75) is 32.3 Å². The summed E-state index contributed by atoms with van der Waals surface area (Å²) in [5, 5.41) is 10.1. The highest BCUT2D eigenvalue weighted by molar-refractivity contribution is 5.38. The van der Waals surface area contributed by atoms with E-state index in [2.05, 4.69) is 0 Å². The van der Waals surface area contributed by atoms with Gasteiger partial charge in [-0.2, -0.15) is 0 Å². The van der Waals surface area contributed by atoms with Crippen LogP contribution in [0.1, 0.15) is 36.5 Å². The fourth-order valence-electron chi connectivity index (χ4n) is 2.06. The summed E-state index contributed by atoms with van der Waals surface area (Å²) in [6.07, 6.45) is 3.20. The molecule has 0 bridgehead atoms. The Morgan fingerprint density at radius 3 is 2.83 bits per heavy atom. The number of aryl methyl sites for hydroxylation is 1. The first-order valence-electron chi connectivity index (χ1n) is 6.61. The smallest absolute Gasteiger partial charge is 0.124 e. The maximum atomic E-state index is 10.1. The van der Waals surface area contributed by atoms with Gasteiger partial charge in [-0.25, -0.2) is 0 Å². The van der Waals surface area contributed by atoms with Gasteiger partial charge in [0.1, 0.15) is 11.9 Å². The number of benzene rings is 1. The van der Waals surface area contributed by atoms with Crippen molar-refractivity contribution in [2.75, 3.05) is 20.3 Å². The van der Waals surface area contributed by atoms with Crippen LogP contribution in [0.25, 0.3) is 0 Å². The Kier molecular flexibility index (Phi) is 4.61. The van der Waals surface area contributed by atoms with Gasteiger partial charge in [0.2, 0.25) is 0 Å². The van der Waals surface area contributed by atoms with Gasteiger partial charge < -0.3 is 14.6 Å². The molecule has 3 heteroatoms. The Labute approximate surface area is 109 Å². The number of methoxy groups -OCH3 is 1. The normalized spacial score (nSPS) is 16.6. The molecular weight excluding hydrogens is 228 g/mol. The number of aliphatic hydroxyl groups is 1. The van der Waals surface area contributed by atoms with Crippen LogP contribution in [0, 0.1) is 12.8 Å². The highest BCUT2D eigenvalue weighted by Gasteiger charge is 2.21. The van der Waals surface area contributed by atoms with Gasteiger partial charge in [-0.05, 0) is 31.4 Å². The summed E-state index contributed by atoms with van der Waals surface area (Å²) < 4.78 is 10.8. The minimum Gasteiger partial charge on any atom is -0.496 e. The van der Waals surface area contributed by atoms with Gasteiger partial charge in [0, 0.05) is 12.2 Å². The molecule has 0 aromatic heterocycles. The van der Waals surface area contributed by atoms with Crippen LogP contribution in [0.2, 0.25) is 0 Å². The minimum absolute atomic E-state index is 0.340. The second kappa shape index (κ2) is 6.21. The molecule has 3 nitrogen and oxygen atoms in total. The van der Waals surface area contributed by atoms with Gasteiger partial charge in [0.15, 0.2) is 0 Å². The largest absolute Gasteiger partial charge is 0.496 e. The van der Waals surface area contributed by atoms with Gasteiger partial charge in [-0.3, -0.25) is 0 Å². The predicted octanol–water partition coefficient (Wildman–Crippen LogP) is 2.85. The lowest BCUT2D eigenvalue weighted by atomic mass is 10.1. The molecule has 0 spiro atoms. The number of rotatable bonds is 7. The van der Waals surface area contributed by atoms with Crippen LogP contribution in [-0.2, 0) is 4.74 Å². The van der Waals surface area contributed by atoms with Crippen molar-refractivity contribution in [3.05, 3.63) is 29.3 Å². The molecule has 2 rings (SSSR count). The molecule has 100 valence electrons. The molecule has 1 aliphatic rings. The Balaban J connectivity index is 1.85. The van der Waals surface area contributed by atoms with Crippen molar-refractivity contribution in [1.29, 1.82) is 0 Å². The first-order valence-corrected chi connectivity index (χ1v) is 6.61. The van der Waals surface area contributed by atoms with E-state index in [0.717, 1.165) is 35.8 Å². The van der Waals surface area contributed by atoms with Crippen LogP contribution in [0.3, 0.4) is 0 Å². The summed E-state index contributed by atoms with van der Waals surface area (Å²) in [6.45, 7) is 3.09. The maximum Gasteiger partial charge on any atom is 0.124 e. The number of hydrogen-bond donors (Lipinski definition) is 1. The molecule has 1 aliphatic carbocycles. The van der Waals surface area contributed by atoms with Crippen LogP contribution in [0.5, 0.6) is 5.75 Å². The van der Waals surface area contributed by atoms with Crippen molar-refractivity contribution < 1.29 is 14.6 Å². The zero-order valence-electron chi connectivity index (χ0n) is 11.2. The fraction of sp³-hybridized carbons (Fsp3) is 0.600. The van der Waals surface area contributed by atoms with Crippen molar-refractivity contribution in [2.24, 2.45) is 5.92 Å². The van der Waals surface area contributed by atoms with Crippen LogP contribution in [-0.4, -0.2) is 25.4 Å². The van der Waals surface area contributed by atoms with E-state index >= 15 is 0 Å². The zero-order valence-corrected chi connectivity index (χ0v) is 11.2. The molecule has 1 atom stereocenters. The quantitative estimate of drug-likeness (QED) is 0.756. The van der Waals surface area contributed by atoms with Crippen molar-refractivity contribution in [1.82, 2.24) is 0 Å². The molecule has 1 saturated carbocycles. The van der Waals surface area contributed by atoms with Gasteiger partial charge in [-0.15, -0.1) is 0 Å². The first kappa shape index (κ1) is 13.4. The average Bonchev–Trinajstić information content (AvgIpc) is 3.18. The van der Waals surface area contributed by atoms with Gasteiger partial charge in [0.25, 0.3) is 0 Å². The zero-order chi connectivity index (χ0) is 13.0. The van der Waals surface area contributed by atoms with E-state index in [4.69, 9.17) is 9.47 Å². The molecule has 0 amide bonds. The summed E-state index contributed by atoms with van der Waals surface area (Å²) >= 11 is 0. The molecule has 0 heterocycles. The molecule has 1 aromatic rings. The molecule has 18 heavy (non-hydrogen) atoms. The number of aliphatic hydroxyl groups excluding tert-OH is 1. The van der Waals surface area contributed by atoms with Crippen LogP contribution < -0.4 is 4.74 Å². The third-order valence-corrected chi connectivity index (χ3v) is 3.39. The molecule has 0 radical (unpaired) electrons. The SMILES string of the molecule is COc1ccc(C)cc1C(O)COCCC1CC1. The molecule has 1 unspecified atom stereocenters. The monoisotopic (exact) mass is 250 g/mol. The van der Waals surface area contributed by atoms with E-state index in [1.807, 2.05) is 25.1 Å². The summed E-state index contributed by atoms with van der Waals surface area (Å²) in [6, 6.07) is 5.81. The lowest BCUT2D eigenvalue weighted by Gasteiger charge is -2.15. The third kappa shape index (κ3) is 3.72. The summed E-state index contributed by atoms with van der Waals surface area (Å²) in [5.74, 6) is 1.59. The Morgan fingerprint density at radius 1 is 1.39 bits per heavy atom. The Morgan fingerprint density at radius 2 is 2.17 bits per heavy atom. The van der Waals surface area contributed by atoms with E-state index in [0.29, 0.717) is 6.61 Å². The first-order chi connectivity index (χ1) is 8.70. The lowest BCUT2D eigenvalue weighted by molar-refractivity contribution is 0.0325. The summed E-state index contributed by atoms with van der Waals surface area (Å²) in [4.78, 5) is 0. The molecule has 0 aliphatic heterocycles. The van der Waals surface area contributed by atoms with E-state index in [9.17, 15) is 5.11 Å². The van der Waals surface area contributed by atoms with Crippen molar-refractivity contribution >= 4 is 0 Å². The predicted molar refractivity (Wildman–Crippen MR) is 70.9 cm³/mol. The second-order valence-electron chi connectivity index (χ2n) is 5.07. The van der Waals surface area contributed by atoms with E-state index in [1.165, 1.54) is 12.8 Å². The minimum atomic E-state index is -0.612. The number of hydrogen-bond acceptors (Lipinski definition) is 3. The van der Waals surface area contributed by atoms with Crippen LogP contribution in [0.15, 0.2) is 18.2 Å². The Bertz CT molecular complexity index is 385. The van der Waals surface area contributed by atoms with Gasteiger partial charge in [0.05, 0.1) is 13.7 Å². The third-order valence-electron chi connectivity index (χ3n) is 3.39.